The van der Waals surface area contributed by atoms with Gasteiger partial charge in [0.1, 0.15) is 36.1 Å². The molecule has 2 aliphatic heterocycles. The summed E-state index contributed by atoms with van der Waals surface area (Å²) < 4.78 is 96.4. The first-order chi connectivity index (χ1) is 44.5. The SMILES string of the molecule is CCOC(=O)C[C@H](NC(=O)C(CC(C)C)n1cc(CCN2CC[C@@H](F)C2)cc(F)c1=O)c1cc(-c2c(C)cccc2C)cc(C)c1F.Cc1cc(-c2c(C)cccc2C)cc([C@H](CC(=O)O)NC(=O)C(CC(C)C)n2cc(CCN3CC[C@@H](F)C3)cc(F)c2=O)c1F.[Li+].[O-]O. The van der Waals surface area contributed by atoms with Crippen LogP contribution >= 0.6 is 0 Å². The van der Waals surface area contributed by atoms with Gasteiger partial charge in [0.05, 0.1) is 31.5 Å². The van der Waals surface area contributed by atoms with Gasteiger partial charge in [-0.05, 0) is 202 Å². The van der Waals surface area contributed by atoms with Crippen LogP contribution in [0.3, 0.4) is 0 Å². The largest absolute Gasteiger partial charge is 1.00 e. The van der Waals surface area contributed by atoms with Gasteiger partial charge in [0.2, 0.25) is 11.8 Å². The minimum atomic E-state index is -1.26. The number of halogens is 6. The van der Waals surface area contributed by atoms with E-state index >= 15 is 13.2 Å². The first-order valence-corrected chi connectivity index (χ1v) is 32.0. The molecule has 16 nitrogen and oxygen atoms in total. The van der Waals surface area contributed by atoms with Crippen molar-refractivity contribution in [1.29, 1.82) is 0 Å². The average molecular weight is 1320 g/mol. The number of pyridine rings is 2. The second kappa shape index (κ2) is 36.1. The van der Waals surface area contributed by atoms with E-state index in [4.69, 9.17) is 15.3 Å². The van der Waals surface area contributed by atoms with Crippen molar-refractivity contribution in [3.8, 4) is 22.3 Å². The topological polar surface area (TPSA) is 216 Å². The van der Waals surface area contributed by atoms with Gasteiger partial charge >= 0.3 is 30.8 Å². The Hall–Kier alpha value is -7.32. The van der Waals surface area contributed by atoms with Crippen molar-refractivity contribution in [1.82, 2.24) is 29.6 Å². The van der Waals surface area contributed by atoms with Crippen LogP contribution in [0.1, 0.15) is 153 Å². The number of amides is 2. The zero-order valence-corrected chi connectivity index (χ0v) is 56.5. The number of carbonyl (C=O) groups is 4. The van der Waals surface area contributed by atoms with E-state index in [1.807, 2.05) is 102 Å². The number of alkyl halides is 2. The quantitative estimate of drug-likeness (QED) is 0.0139. The number of hydrogen-bond acceptors (Lipinski definition) is 11. The molecule has 0 bridgehead atoms. The van der Waals surface area contributed by atoms with Crippen molar-refractivity contribution in [2.45, 2.75) is 164 Å². The first-order valence-electron chi connectivity index (χ1n) is 32.0. The number of carbonyl (C=O) groups excluding carboxylic acids is 3. The number of carboxylic acids is 1. The van der Waals surface area contributed by atoms with Crippen LogP contribution in [0.15, 0.2) is 94.8 Å². The van der Waals surface area contributed by atoms with E-state index in [-0.39, 0.29) is 73.3 Å². The molecule has 2 aromatic heterocycles. The molecule has 0 spiro atoms. The monoisotopic (exact) mass is 1320 g/mol. The van der Waals surface area contributed by atoms with Crippen molar-refractivity contribution >= 4 is 23.8 Å². The number of rotatable bonds is 25. The minimum absolute atomic E-state index is 0. The summed E-state index contributed by atoms with van der Waals surface area (Å²) in [5.41, 5.74) is 6.88. The number of benzene rings is 4. The van der Waals surface area contributed by atoms with Gasteiger partial charge in [0.25, 0.3) is 11.1 Å². The number of aliphatic carboxylic acids is 1. The standard InChI is InChI=1S/C37H46F3N3O4.C35H42F3N3O4.Li.H2O2/c1-7-47-33(44)19-31(29-18-27(16-25(6)35(29)40)34-23(4)9-8-10-24(34)5)41-36(45)32(15-22(2)3)43-20-26(17-30(39)37(43)46)11-13-42-14-12-28(38)21-42;1-20(2)13-30(41-18-24(15-28(37)35(41)45)9-11-40-12-10-26(36)19-40)34(44)39-29(17-31(42)43)27-16-25(14-23(5)33(27)38)32-21(3)7-6-8-22(32)4;;1-2/h8-10,16-18,20,22,28,31-32H,7,11-15,19,21H2,1-6H3,(H,41,45);6-8,14-16,18,20,26,29-30H,9-13,17,19H2,1-5H3,(H,39,44)(H,42,43);;1-2H/q;;+1;/p-1/t28-,31+,32?;26-,29+,30?;;/m11../s1. The third-order valence-corrected chi connectivity index (χ3v) is 17.2. The molecule has 8 rings (SSSR count). The van der Waals surface area contributed by atoms with Gasteiger partial charge in [0.15, 0.2) is 11.6 Å². The number of likely N-dealkylation sites (tertiary alicyclic amines) is 2. The molecule has 510 valence electrons. The molecule has 0 saturated carbocycles. The predicted molar refractivity (Wildman–Crippen MR) is 348 cm³/mol. The zero-order chi connectivity index (χ0) is 69.4. The second-order valence-corrected chi connectivity index (χ2v) is 25.6. The number of carboxylic acid groups (broad SMARTS) is 1. The maximum Gasteiger partial charge on any atom is 1.00 e. The van der Waals surface area contributed by atoms with Crippen LogP contribution in [0.2, 0.25) is 0 Å². The van der Waals surface area contributed by atoms with Crippen LogP contribution in [-0.2, 0) is 36.8 Å². The van der Waals surface area contributed by atoms with E-state index in [1.165, 1.54) is 12.4 Å². The fourth-order valence-electron chi connectivity index (χ4n) is 12.6. The zero-order valence-electron chi connectivity index (χ0n) is 56.5. The average Bonchev–Trinajstić information content (AvgIpc) is 1.10. The van der Waals surface area contributed by atoms with Crippen LogP contribution in [0.4, 0.5) is 26.3 Å². The van der Waals surface area contributed by atoms with Crippen molar-refractivity contribution in [2.75, 3.05) is 45.9 Å². The van der Waals surface area contributed by atoms with E-state index < -0.39 is 101 Å². The van der Waals surface area contributed by atoms with E-state index in [9.17, 15) is 47.0 Å². The van der Waals surface area contributed by atoms with Crippen molar-refractivity contribution < 1.29 is 84.7 Å². The number of esters is 1. The Morgan fingerprint density at radius 2 is 0.958 bits per heavy atom. The van der Waals surface area contributed by atoms with Gasteiger partial charge in [-0.15, -0.1) is 0 Å². The minimum Gasteiger partial charge on any atom is -0.727 e. The Morgan fingerprint density at radius 1 is 0.589 bits per heavy atom. The molecule has 4 aromatic carbocycles. The van der Waals surface area contributed by atoms with Crippen molar-refractivity contribution in [3.63, 3.8) is 0 Å². The summed E-state index contributed by atoms with van der Waals surface area (Å²) in [6.45, 7) is 22.9. The first kappa shape index (κ1) is 78.4. The number of aromatic nitrogens is 2. The predicted octanol–water partition coefficient (Wildman–Crippen LogP) is 8.75. The number of ether oxygens (including phenoxy) is 1. The molecule has 6 atom stereocenters. The maximum absolute atomic E-state index is 15.9. The number of aryl methyl sites for hydroxylation is 6. The molecule has 23 heteroatoms. The van der Waals surface area contributed by atoms with E-state index in [0.29, 0.717) is 87.2 Å². The Kier molecular flexibility index (Phi) is 29.8. The summed E-state index contributed by atoms with van der Waals surface area (Å²) in [6.07, 6.45) is 2.10. The van der Waals surface area contributed by atoms with Gasteiger partial charge in [0, 0.05) is 62.8 Å². The van der Waals surface area contributed by atoms with Gasteiger partial charge in [-0.25, -0.2) is 26.3 Å². The smallest absolute Gasteiger partial charge is 0.727 e. The van der Waals surface area contributed by atoms with Gasteiger partial charge in [-0.1, -0.05) is 64.1 Å². The Labute approximate surface area is 564 Å². The number of nitrogens with one attached hydrogen (secondary N) is 2. The fraction of sp³-hybridized carbons (Fsp3) is 0.472. The fourth-order valence-corrected chi connectivity index (χ4v) is 12.6. The summed E-state index contributed by atoms with van der Waals surface area (Å²) in [6, 6.07) is 15.9. The third-order valence-electron chi connectivity index (χ3n) is 17.2. The van der Waals surface area contributed by atoms with Crippen LogP contribution < -0.4 is 45.9 Å². The number of hydrogen-bond donors (Lipinski definition) is 4. The molecular weight excluding hydrogens is 1230 g/mol. The summed E-state index contributed by atoms with van der Waals surface area (Å²) in [5, 5.41) is 28.3. The maximum atomic E-state index is 15.9. The molecule has 2 fully saturated rings. The summed E-state index contributed by atoms with van der Waals surface area (Å²) in [4.78, 5) is 82.9. The molecule has 2 saturated heterocycles. The summed E-state index contributed by atoms with van der Waals surface area (Å²) in [5.74, 6) is -6.67. The molecular formula is C72H89F6LiN6O10. The van der Waals surface area contributed by atoms with Crippen LogP contribution in [0.25, 0.3) is 22.3 Å². The Balaban J connectivity index is 0.000000332. The molecule has 2 amide bonds. The molecule has 4 N–H and O–H groups in total. The third kappa shape index (κ3) is 21.1. The second-order valence-electron chi connectivity index (χ2n) is 25.6. The summed E-state index contributed by atoms with van der Waals surface area (Å²) in [7, 11) is 0. The van der Waals surface area contributed by atoms with Crippen LogP contribution in [-0.4, -0.2) is 111 Å². The van der Waals surface area contributed by atoms with Gasteiger partial charge in [-0.3, -0.25) is 28.8 Å². The summed E-state index contributed by atoms with van der Waals surface area (Å²) >= 11 is 0. The Morgan fingerprint density at radius 3 is 1.28 bits per heavy atom. The molecule has 0 aliphatic carbocycles. The van der Waals surface area contributed by atoms with Crippen molar-refractivity contribution in [3.05, 3.63) is 185 Å². The van der Waals surface area contributed by atoms with E-state index in [2.05, 4.69) is 10.6 Å². The van der Waals surface area contributed by atoms with Crippen LogP contribution in [0, 0.1) is 76.6 Å². The van der Waals surface area contributed by atoms with E-state index in [0.717, 1.165) is 60.2 Å². The molecule has 2 unspecified atom stereocenters. The van der Waals surface area contributed by atoms with Gasteiger partial charge < -0.3 is 49.9 Å². The molecule has 2 aliphatic rings. The molecule has 95 heavy (non-hydrogen) atoms. The van der Waals surface area contributed by atoms with Gasteiger partial charge in [-0.2, -0.15) is 0 Å². The van der Waals surface area contributed by atoms with Crippen molar-refractivity contribution in [2.24, 2.45) is 11.8 Å². The Bertz CT molecular complexity index is 3730. The molecule has 0 radical (unpaired) electrons. The molecule has 6 aromatic rings. The normalized spacial score (nSPS) is 16.0. The molecule has 4 heterocycles. The van der Waals surface area contributed by atoms with Crippen LogP contribution in [0.5, 0.6) is 0 Å². The number of nitrogens with zero attached hydrogens (tertiary/aromatic N) is 4. The van der Waals surface area contributed by atoms with E-state index in [1.54, 1.807) is 45.0 Å².